The van der Waals surface area contributed by atoms with Crippen molar-refractivity contribution in [3.63, 3.8) is 0 Å². The molecule has 0 saturated heterocycles. The highest BCUT2D eigenvalue weighted by molar-refractivity contribution is 5.02. The molecule has 0 aliphatic heterocycles. The van der Waals surface area contributed by atoms with E-state index in [0.717, 1.165) is 32.0 Å². The van der Waals surface area contributed by atoms with Gasteiger partial charge in [-0.3, -0.25) is 4.98 Å². The topological polar surface area (TPSA) is 34.1 Å². The maximum absolute atomic E-state index is 5.63. The van der Waals surface area contributed by atoms with Gasteiger partial charge in [-0.05, 0) is 18.1 Å². The lowest BCUT2D eigenvalue weighted by molar-refractivity contribution is 0.0980. The molecule has 96 valence electrons. The Bertz CT molecular complexity index is 273. The van der Waals surface area contributed by atoms with Crippen molar-refractivity contribution in [3.8, 4) is 0 Å². The van der Waals surface area contributed by atoms with Gasteiger partial charge in [0.25, 0.3) is 0 Å². The summed E-state index contributed by atoms with van der Waals surface area (Å²) < 4.78 is 5.63. The molecule has 0 aliphatic carbocycles. The Labute approximate surface area is 105 Å². The first-order valence-corrected chi connectivity index (χ1v) is 6.55. The zero-order valence-corrected chi connectivity index (χ0v) is 11.0. The van der Waals surface area contributed by atoms with Gasteiger partial charge < -0.3 is 10.1 Å². The van der Waals surface area contributed by atoms with Gasteiger partial charge in [-0.2, -0.15) is 0 Å². The first-order valence-electron chi connectivity index (χ1n) is 6.55. The van der Waals surface area contributed by atoms with Crippen LogP contribution in [0.2, 0.25) is 0 Å². The third-order valence-electron chi connectivity index (χ3n) is 2.96. The number of hydrogen-bond donors (Lipinski definition) is 1. The van der Waals surface area contributed by atoms with Gasteiger partial charge in [-0.15, -0.1) is 0 Å². The standard InChI is InChI=1S/C14H24N2O/c1-3-13(4-2)12-17-10-9-15-11-14-7-5-6-8-16-14/h5-8,13,15H,3-4,9-12H2,1-2H3. The minimum atomic E-state index is 0.714. The molecule has 0 spiro atoms. The first-order chi connectivity index (χ1) is 8.36. The minimum absolute atomic E-state index is 0.714. The number of nitrogens with zero attached hydrogens (tertiary/aromatic N) is 1. The largest absolute Gasteiger partial charge is 0.380 e. The third kappa shape index (κ3) is 6.39. The van der Waals surface area contributed by atoms with Crippen LogP contribution in [-0.2, 0) is 11.3 Å². The highest BCUT2D eigenvalue weighted by Gasteiger charge is 2.02. The molecule has 0 saturated carbocycles. The van der Waals surface area contributed by atoms with Gasteiger partial charge in [0.1, 0.15) is 0 Å². The van der Waals surface area contributed by atoms with Crippen LogP contribution >= 0.6 is 0 Å². The summed E-state index contributed by atoms with van der Waals surface area (Å²) in [7, 11) is 0. The SMILES string of the molecule is CCC(CC)COCCNCc1ccccn1. The second-order valence-electron chi connectivity index (χ2n) is 4.26. The molecule has 0 atom stereocenters. The Balaban J connectivity index is 1.98. The van der Waals surface area contributed by atoms with E-state index in [4.69, 9.17) is 4.74 Å². The second-order valence-corrected chi connectivity index (χ2v) is 4.26. The van der Waals surface area contributed by atoms with Crippen LogP contribution in [-0.4, -0.2) is 24.7 Å². The maximum atomic E-state index is 5.63. The van der Waals surface area contributed by atoms with Crippen molar-refractivity contribution in [2.45, 2.75) is 33.2 Å². The Morgan fingerprint density at radius 2 is 2.12 bits per heavy atom. The second kappa shape index (κ2) is 9.14. The van der Waals surface area contributed by atoms with Crippen LogP contribution in [0.5, 0.6) is 0 Å². The normalized spacial score (nSPS) is 11.0. The van der Waals surface area contributed by atoms with Crippen LogP contribution in [0.3, 0.4) is 0 Å². The molecule has 0 fully saturated rings. The lowest BCUT2D eigenvalue weighted by Crippen LogP contribution is -2.21. The van der Waals surface area contributed by atoms with Gasteiger partial charge in [-0.25, -0.2) is 0 Å². The summed E-state index contributed by atoms with van der Waals surface area (Å²) in [4.78, 5) is 4.25. The van der Waals surface area contributed by atoms with Gasteiger partial charge >= 0.3 is 0 Å². The Kier molecular flexibility index (Phi) is 7.60. The molecular weight excluding hydrogens is 212 g/mol. The van der Waals surface area contributed by atoms with Crippen LogP contribution in [0.1, 0.15) is 32.4 Å². The Hall–Kier alpha value is -0.930. The number of hydrogen-bond acceptors (Lipinski definition) is 3. The van der Waals surface area contributed by atoms with E-state index < -0.39 is 0 Å². The van der Waals surface area contributed by atoms with Gasteiger partial charge in [0.2, 0.25) is 0 Å². The lowest BCUT2D eigenvalue weighted by Gasteiger charge is -2.12. The average Bonchev–Trinajstić information content (AvgIpc) is 2.39. The Morgan fingerprint density at radius 1 is 1.29 bits per heavy atom. The van der Waals surface area contributed by atoms with Crippen molar-refractivity contribution in [1.82, 2.24) is 10.3 Å². The molecule has 0 aromatic carbocycles. The molecule has 0 radical (unpaired) electrons. The molecule has 1 aromatic heterocycles. The fraction of sp³-hybridized carbons (Fsp3) is 0.643. The summed E-state index contributed by atoms with van der Waals surface area (Å²) in [5.41, 5.74) is 1.08. The van der Waals surface area contributed by atoms with Gasteiger partial charge in [0.15, 0.2) is 0 Å². The molecular formula is C14H24N2O. The summed E-state index contributed by atoms with van der Waals surface area (Å²) in [5, 5.41) is 3.32. The fourth-order valence-electron chi connectivity index (χ4n) is 1.64. The number of pyridine rings is 1. The molecule has 0 unspecified atom stereocenters. The van der Waals surface area contributed by atoms with E-state index in [1.54, 1.807) is 0 Å². The number of rotatable bonds is 9. The zero-order chi connectivity index (χ0) is 12.3. The van der Waals surface area contributed by atoms with Crippen LogP contribution < -0.4 is 5.32 Å². The zero-order valence-electron chi connectivity index (χ0n) is 11.0. The molecule has 1 aromatic rings. The maximum Gasteiger partial charge on any atom is 0.0591 e. The predicted octanol–water partition coefficient (Wildman–Crippen LogP) is 2.62. The van der Waals surface area contributed by atoms with Crippen LogP contribution in [0.15, 0.2) is 24.4 Å². The molecule has 1 rings (SSSR count). The number of aromatic nitrogens is 1. The quantitative estimate of drug-likeness (QED) is 0.669. The smallest absolute Gasteiger partial charge is 0.0591 e. The van der Waals surface area contributed by atoms with Crippen LogP contribution in [0.4, 0.5) is 0 Å². The summed E-state index contributed by atoms with van der Waals surface area (Å²) in [6.45, 7) is 7.81. The summed E-state index contributed by atoms with van der Waals surface area (Å²) in [5.74, 6) is 0.714. The number of nitrogens with one attached hydrogen (secondary N) is 1. The summed E-state index contributed by atoms with van der Waals surface area (Å²) >= 11 is 0. The highest BCUT2D eigenvalue weighted by atomic mass is 16.5. The molecule has 3 nitrogen and oxygen atoms in total. The van der Waals surface area contributed by atoms with Gasteiger partial charge in [0.05, 0.1) is 12.3 Å². The molecule has 1 N–H and O–H groups in total. The van der Waals surface area contributed by atoms with E-state index in [1.807, 2.05) is 24.4 Å². The summed E-state index contributed by atoms with van der Waals surface area (Å²) in [6.07, 6.45) is 4.23. The molecule has 0 amide bonds. The molecule has 17 heavy (non-hydrogen) atoms. The summed E-state index contributed by atoms with van der Waals surface area (Å²) in [6, 6.07) is 5.97. The van der Waals surface area contributed by atoms with Crippen molar-refractivity contribution in [3.05, 3.63) is 30.1 Å². The molecule has 0 aliphatic rings. The van der Waals surface area contributed by atoms with E-state index in [1.165, 1.54) is 12.8 Å². The van der Waals surface area contributed by atoms with Crippen LogP contribution in [0.25, 0.3) is 0 Å². The highest BCUT2D eigenvalue weighted by Crippen LogP contribution is 2.06. The van der Waals surface area contributed by atoms with Crippen molar-refractivity contribution in [2.24, 2.45) is 5.92 Å². The van der Waals surface area contributed by atoms with Gasteiger partial charge in [0, 0.05) is 25.9 Å². The molecule has 1 heterocycles. The van der Waals surface area contributed by atoms with E-state index >= 15 is 0 Å². The predicted molar refractivity (Wildman–Crippen MR) is 70.8 cm³/mol. The first kappa shape index (κ1) is 14.1. The van der Waals surface area contributed by atoms with Crippen molar-refractivity contribution < 1.29 is 4.74 Å². The fourth-order valence-corrected chi connectivity index (χ4v) is 1.64. The van der Waals surface area contributed by atoms with E-state index in [9.17, 15) is 0 Å². The molecule has 3 heteroatoms. The Morgan fingerprint density at radius 3 is 2.76 bits per heavy atom. The number of ether oxygens (including phenoxy) is 1. The van der Waals surface area contributed by atoms with E-state index in [0.29, 0.717) is 5.92 Å². The van der Waals surface area contributed by atoms with Crippen molar-refractivity contribution >= 4 is 0 Å². The van der Waals surface area contributed by atoms with Crippen LogP contribution in [0, 0.1) is 5.92 Å². The van der Waals surface area contributed by atoms with E-state index in [-0.39, 0.29) is 0 Å². The molecule has 0 bridgehead atoms. The van der Waals surface area contributed by atoms with Gasteiger partial charge in [-0.1, -0.05) is 32.8 Å². The lowest BCUT2D eigenvalue weighted by atomic mass is 10.1. The van der Waals surface area contributed by atoms with E-state index in [2.05, 4.69) is 24.1 Å². The van der Waals surface area contributed by atoms with Crippen molar-refractivity contribution in [1.29, 1.82) is 0 Å². The third-order valence-corrected chi connectivity index (χ3v) is 2.96. The average molecular weight is 236 g/mol. The van der Waals surface area contributed by atoms with Crippen molar-refractivity contribution in [2.75, 3.05) is 19.8 Å². The monoisotopic (exact) mass is 236 g/mol. The minimum Gasteiger partial charge on any atom is -0.380 e.